The summed E-state index contributed by atoms with van der Waals surface area (Å²) in [5, 5.41) is 13.3. The number of nitrogens with one attached hydrogen (secondary N) is 1. The van der Waals surface area contributed by atoms with E-state index < -0.39 is 12.7 Å². The lowest BCUT2D eigenvalue weighted by Gasteiger charge is -2.28. The van der Waals surface area contributed by atoms with Crippen LogP contribution in [-0.2, 0) is 0 Å². The maximum absolute atomic E-state index is 12.4. The molecule has 2 aromatic rings. The van der Waals surface area contributed by atoms with Gasteiger partial charge in [0.15, 0.2) is 0 Å². The van der Waals surface area contributed by atoms with Crippen molar-refractivity contribution in [1.82, 2.24) is 0 Å². The van der Waals surface area contributed by atoms with E-state index in [4.69, 9.17) is 4.74 Å². The third-order valence-electron chi connectivity index (χ3n) is 4.78. The first-order chi connectivity index (χ1) is 13.0. The first kappa shape index (κ1) is 19.4. The minimum absolute atomic E-state index is 0.0850. The van der Waals surface area contributed by atoms with Crippen molar-refractivity contribution in [2.75, 3.05) is 5.32 Å². The number of ether oxygens (including phenoxy) is 2. The van der Waals surface area contributed by atoms with Gasteiger partial charge in [0, 0.05) is 11.7 Å². The fourth-order valence-corrected chi connectivity index (χ4v) is 3.31. The number of rotatable bonds is 7. The highest BCUT2D eigenvalue weighted by atomic mass is 19.3. The van der Waals surface area contributed by atoms with Gasteiger partial charge in [-0.2, -0.15) is 8.78 Å². The van der Waals surface area contributed by atoms with Gasteiger partial charge < -0.3 is 19.9 Å². The van der Waals surface area contributed by atoms with Crippen LogP contribution in [0.4, 0.5) is 14.5 Å². The molecule has 0 spiro atoms. The minimum Gasteiger partial charge on any atom is -0.488 e. The maximum atomic E-state index is 12.4. The average molecular weight is 377 g/mol. The zero-order valence-electron chi connectivity index (χ0n) is 15.3. The van der Waals surface area contributed by atoms with E-state index in [-0.39, 0.29) is 17.9 Å². The molecule has 6 heteroatoms. The molecule has 2 N–H and O–H groups in total. The molecular formula is C21H25F2NO3. The van der Waals surface area contributed by atoms with Crippen LogP contribution in [0.1, 0.15) is 44.2 Å². The molecule has 4 nitrogen and oxygen atoms in total. The second-order valence-corrected chi connectivity index (χ2v) is 6.85. The first-order valence-electron chi connectivity index (χ1n) is 9.27. The van der Waals surface area contributed by atoms with Gasteiger partial charge in [0.25, 0.3) is 0 Å². The van der Waals surface area contributed by atoms with E-state index in [1.165, 1.54) is 6.07 Å². The maximum Gasteiger partial charge on any atom is 0.387 e. The predicted octanol–water partition coefficient (Wildman–Crippen LogP) is 5.14. The normalized spacial score (nSPS) is 20.9. The molecule has 3 atom stereocenters. The van der Waals surface area contributed by atoms with E-state index in [1.807, 2.05) is 37.3 Å². The van der Waals surface area contributed by atoms with Crippen molar-refractivity contribution in [1.29, 1.82) is 0 Å². The molecule has 1 saturated carbocycles. The molecule has 146 valence electrons. The average Bonchev–Trinajstić information content (AvgIpc) is 2.65. The summed E-state index contributed by atoms with van der Waals surface area (Å²) in [6.45, 7) is -0.886. The Bertz CT molecular complexity index is 724. The van der Waals surface area contributed by atoms with Gasteiger partial charge in [-0.3, -0.25) is 0 Å². The lowest BCUT2D eigenvalue weighted by molar-refractivity contribution is -0.0498. The Balaban J connectivity index is 1.59. The third-order valence-corrected chi connectivity index (χ3v) is 4.78. The van der Waals surface area contributed by atoms with Crippen molar-refractivity contribution in [3.8, 4) is 11.5 Å². The molecule has 0 saturated heterocycles. The molecule has 1 unspecified atom stereocenters. The first-order valence-corrected chi connectivity index (χ1v) is 9.27. The molecule has 1 fully saturated rings. The van der Waals surface area contributed by atoms with Crippen LogP contribution < -0.4 is 14.8 Å². The van der Waals surface area contributed by atoms with Crippen LogP contribution >= 0.6 is 0 Å². The Kier molecular flexibility index (Phi) is 6.50. The SMILES string of the molecule is CC(Nc1ccc(O[C@@H]2CCCC[C@H]2O)cc1)c1cccc(OC(F)F)c1. The van der Waals surface area contributed by atoms with Gasteiger partial charge in [0.2, 0.25) is 0 Å². The largest absolute Gasteiger partial charge is 0.488 e. The van der Waals surface area contributed by atoms with E-state index in [0.29, 0.717) is 0 Å². The predicted molar refractivity (Wildman–Crippen MR) is 100 cm³/mol. The molecule has 0 radical (unpaired) electrons. The molecule has 27 heavy (non-hydrogen) atoms. The highest BCUT2D eigenvalue weighted by Gasteiger charge is 2.24. The zero-order chi connectivity index (χ0) is 19.2. The van der Waals surface area contributed by atoms with Crippen LogP contribution in [0.2, 0.25) is 0 Å². The topological polar surface area (TPSA) is 50.7 Å². The lowest BCUT2D eigenvalue weighted by atomic mass is 9.95. The molecule has 0 amide bonds. The number of halogens is 2. The molecule has 0 aliphatic heterocycles. The van der Waals surface area contributed by atoms with Gasteiger partial charge in [0.1, 0.15) is 17.6 Å². The minimum atomic E-state index is -2.83. The van der Waals surface area contributed by atoms with E-state index in [9.17, 15) is 13.9 Å². The fraction of sp³-hybridized carbons (Fsp3) is 0.429. The Morgan fingerprint density at radius 1 is 1.04 bits per heavy atom. The van der Waals surface area contributed by atoms with Crippen LogP contribution in [0, 0.1) is 0 Å². The van der Waals surface area contributed by atoms with Crippen molar-refractivity contribution < 1.29 is 23.4 Å². The molecule has 0 aromatic heterocycles. The van der Waals surface area contributed by atoms with Crippen LogP contribution in [0.5, 0.6) is 11.5 Å². The summed E-state index contributed by atoms with van der Waals surface area (Å²) in [4.78, 5) is 0. The summed E-state index contributed by atoms with van der Waals surface area (Å²) in [6.07, 6.45) is 3.23. The monoisotopic (exact) mass is 377 g/mol. The Labute approximate surface area is 158 Å². The molecule has 0 bridgehead atoms. The van der Waals surface area contributed by atoms with Gasteiger partial charge in [-0.25, -0.2) is 0 Å². The third kappa shape index (κ3) is 5.57. The lowest BCUT2D eigenvalue weighted by Crippen LogP contribution is -2.34. The van der Waals surface area contributed by atoms with Gasteiger partial charge in [-0.15, -0.1) is 0 Å². The molecular weight excluding hydrogens is 352 g/mol. The molecule has 3 rings (SSSR count). The number of hydrogen-bond acceptors (Lipinski definition) is 4. The van der Waals surface area contributed by atoms with Gasteiger partial charge in [-0.1, -0.05) is 18.6 Å². The van der Waals surface area contributed by atoms with E-state index in [0.717, 1.165) is 42.7 Å². The van der Waals surface area contributed by atoms with Crippen molar-refractivity contribution in [2.45, 2.75) is 57.5 Å². The van der Waals surface area contributed by atoms with Gasteiger partial charge >= 0.3 is 6.61 Å². The fourth-order valence-electron chi connectivity index (χ4n) is 3.31. The summed E-state index contributed by atoms with van der Waals surface area (Å²) >= 11 is 0. The second-order valence-electron chi connectivity index (χ2n) is 6.85. The zero-order valence-corrected chi connectivity index (χ0v) is 15.3. The van der Waals surface area contributed by atoms with Gasteiger partial charge in [-0.05, 0) is 68.1 Å². The Morgan fingerprint density at radius 3 is 2.48 bits per heavy atom. The number of anilines is 1. The Hall–Kier alpha value is -2.34. The summed E-state index contributed by atoms with van der Waals surface area (Å²) in [7, 11) is 0. The number of aliphatic hydroxyl groups is 1. The van der Waals surface area contributed by atoms with Crippen LogP contribution in [0.25, 0.3) is 0 Å². The molecule has 2 aromatic carbocycles. The van der Waals surface area contributed by atoms with E-state index >= 15 is 0 Å². The summed E-state index contributed by atoms with van der Waals surface area (Å²) < 4.78 is 35.1. The quantitative estimate of drug-likeness (QED) is 0.701. The molecule has 0 heterocycles. The van der Waals surface area contributed by atoms with Gasteiger partial charge in [0.05, 0.1) is 6.10 Å². The van der Waals surface area contributed by atoms with Crippen molar-refractivity contribution in [3.05, 3.63) is 54.1 Å². The Morgan fingerprint density at radius 2 is 1.78 bits per heavy atom. The standard InChI is InChI=1S/C21H25F2NO3/c1-14(15-5-4-6-18(13-15)27-21(22)23)24-16-9-11-17(12-10-16)26-20-8-3-2-7-19(20)25/h4-6,9-14,19-21,24-25H,2-3,7-8H2,1H3/t14?,19-,20-/m1/s1. The van der Waals surface area contributed by atoms with Crippen molar-refractivity contribution in [3.63, 3.8) is 0 Å². The number of benzene rings is 2. The van der Waals surface area contributed by atoms with Crippen LogP contribution in [0.15, 0.2) is 48.5 Å². The number of aliphatic hydroxyl groups excluding tert-OH is 1. The summed E-state index contributed by atoms with van der Waals surface area (Å²) in [6, 6.07) is 14.1. The molecule has 1 aliphatic rings. The highest BCUT2D eigenvalue weighted by molar-refractivity contribution is 5.48. The number of hydrogen-bond donors (Lipinski definition) is 2. The van der Waals surface area contributed by atoms with Crippen molar-refractivity contribution in [2.24, 2.45) is 0 Å². The highest BCUT2D eigenvalue weighted by Crippen LogP contribution is 2.27. The van der Waals surface area contributed by atoms with Crippen molar-refractivity contribution >= 4 is 5.69 Å². The molecule has 1 aliphatic carbocycles. The smallest absolute Gasteiger partial charge is 0.387 e. The van der Waals surface area contributed by atoms with Crippen LogP contribution in [-0.4, -0.2) is 23.9 Å². The second kappa shape index (κ2) is 9.04. The summed E-state index contributed by atoms with van der Waals surface area (Å²) in [5.41, 5.74) is 1.73. The number of alkyl halides is 2. The van der Waals surface area contributed by atoms with E-state index in [2.05, 4.69) is 10.1 Å². The van der Waals surface area contributed by atoms with Crippen LogP contribution in [0.3, 0.4) is 0 Å². The van der Waals surface area contributed by atoms with E-state index in [1.54, 1.807) is 12.1 Å². The summed E-state index contributed by atoms with van der Waals surface area (Å²) in [5.74, 6) is 0.873.